The molecule has 1 rings (SSSR count). The minimum absolute atomic E-state index is 0. The molecule has 0 aromatic heterocycles. The van der Waals surface area contributed by atoms with Crippen LogP contribution >= 0.6 is 12.4 Å². The zero-order valence-electron chi connectivity index (χ0n) is 13.1. The fraction of sp³-hybridized carbons (Fsp3) is 0.933. The van der Waals surface area contributed by atoms with Crippen molar-refractivity contribution in [1.82, 2.24) is 10.6 Å². The van der Waals surface area contributed by atoms with Crippen molar-refractivity contribution in [1.29, 1.82) is 0 Å². The van der Waals surface area contributed by atoms with Crippen molar-refractivity contribution in [2.45, 2.75) is 53.9 Å². The SMILES string of the molecule is CC(C)CC(C)(C)C(=O)NCC1(C)CCNCC1.Cl. The first-order chi connectivity index (χ1) is 8.25. The molecule has 0 bridgehead atoms. The van der Waals surface area contributed by atoms with E-state index in [0.29, 0.717) is 5.92 Å². The van der Waals surface area contributed by atoms with Crippen LogP contribution in [0.5, 0.6) is 0 Å². The maximum atomic E-state index is 12.3. The third-order valence-electron chi connectivity index (χ3n) is 4.02. The Bertz CT molecular complexity index is 284. The smallest absolute Gasteiger partial charge is 0.225 e. The second-order valence-corrected chi connectivity index (χ2v) is 7.23. The monoisotopic (exact) mass is 290 g/mol. The zero-order chi connectivity index (χ0) is 13.8. The molecule has 0 aromatic carbocycles. The molecule has 1 aliphatic heterocycles. The predicted molar refractivity (Wildman–Crippen MR) is 83.7 cm³/mol. The van der Waals surface area contributed by atoms with Crippen LogP contribution in [-0.2, 0) is 4.79 Å². The van der Waals surface area contributed by atoms with Gasteiger partial charge in [0.15, 0.2) is 0 Å². The van der Waals surface area contributed by atoms with Crippen molar-refractivity contribution < 1.29 is 4.79 Å². The largest absolute Gasteiger partial charge is 0.355 e. The number of rotatable bonds is 5. The Balaban J connectivity index is 0.00000324. The van der Waals surface area contributed by atoms with Gasteiger partial charge in [0.2, 0.25) is 5.91 Å². The highest BCUT2D eigenvalue weighted by Crippen LogP contribution is 2.29. The van der Waals surface area contributed by atoms with Crippen LogP contribution in [-0.4, -0.2) is 25.5 Å². The molecule has 0 spiro atoms. The van der Waals surface area contributed by atoms with E-state index >= 15 is 0 Å². The summed E-state index contributed by atoms with van der Waals surface area (Å²) < 4.78 is 0. The molecule has 0 unspecified atom stereocenters. The van der Waals surface area contributed by atoms with Gasteiger partial charge in [0.1, 0.15) is 0 Å². The Hall–Kier alpha value is -0.280. The van der Waals surface area contributed by atoms with Crippen LogP contribution in [0.2, 0.25) is 0 Å². The summed E-state index contributed by atoms with van der Waals surface area (Å²) in [7, 11) is 0. The van der Waals surface area contributed by atoms with E-state index in [2.05, 4.69) is 31.4 Å². The van der Waals surface area contributed by atoms with Gasteiger partial charge in [0.05, 0.1) is 0 Å². The lowest BCUT2D eigenvalue weighted by atomic mass is 9.79. The Labute approximate surface area is 124 Å². The summed E-state index contributed by atoms with van der Waals surface area (Å²) in [6, 6.07) is 0. The maximum Gasteiger partial charge on any atom is 0.225 e. The number of nitrogens with one attached hydrogen (secondary N) is 2. The van der Waals surface area contributed by atoms with E-state index in [1.807, 2.05) is 13.8 Å². The van der Waals surface area contributed by atoms with E-state index in [1.54, 1.807) is 0 Å². The molecule has 1 amide bonds. The zero-order valence-corrected chi connectivity index (χ0v) is 14.0. The minimum atomic E-state index is -0.253. The third kappa shape index (κ3) is 6.13. The van der Waals surface area contributed by atoms with Gasteiger partial charge in [-0.1, -0.05) is 34.6 Å². The lowest BCUT2D eigenvalue weighted by Gasteiger charge is -2.35. The fourth-order valence-electron chi connectivity index (χ4n) is 2.85. The third-order valence-corrected chi connectivity index (χ3v) is 4.02. The van der Waals surface area contributed by atoms with Crippen molar-refractivity contribution >= 4 is 18.3 Å². The maximum absolute atomic E-state index is 12.3. The Morgan fingerprint density at radius 3 is 2.32 bits per heavy atom. The van der Waals surface area contributed by atoms with Gasteiger partial charge in [0.25, 0.3) is 0 Å². The topological polar surface area (TPSA) is 41.1 Å². The number of amides is 1. The number of halogens is 1. The summed E-state index contributed by atoms with van der Waals surface area (Å²) in [5.41, 5.74) is 0.0201. The van der Waals surface area contributed by atoms with Crippen molar-refractivity contribution in [3.05, 3.63) is 0 Å². The van der Waals surface area contributed by atoms with E-state index in [1.165, 1.54) is 0 Å². The highest BCUT2D eigenvalue weighted by molar-refractivity contribution is 5.85. The van der Waals surface area contributed by atoms with E-state index in [9.17, 15) is 4.79 Å². The summed E-state index contributed by atoms with van der Waals surface area (Å²) in [6.45, 7) is 13.7. The molecule has 3 nitrogen and oxygen atoms in total. The van der Waals surface area contributed by atoms with Gasteiger partial charge < -0.3 is 10.6 Å². The molecule has 1 fully saturated rings. The summed E-state index contributed by atoms with van der Waals surface area (Å²) in [5, 5.41) is 6.54. The van der Waals surface area contributed by atoms with Crippen LogP contribution in [0, 0.1) is 16.7 Å². The van der Waals surface area contributed by atoms with Crippen molar-refractivity contribution in [2.75, 3.05) is 19.6 Å². The van der Waals surface area contributed by atoms with E-state index < -0.39 is 0 Å². The molecule has 19 heavy (non-hydrogen) atoms. The van der Waals surface area contributed by atoms with Crippen LogP contribution in [0.3, 0.4) is 0 Å². The van der Waals surface area contributed by atoms with E-state index in [-0.39, 0.29) is 29.1 Å². The molecule has 0 aliphatic carbocycles. The lowest BCUT2D eigenvalue weighted by molar-refractivity contribution is -0.130. The van der Waals surface area contributed by atoms with Gasteiger partial charge in [-0.25, -0.2) is 0 Å². The van der Waals surface area contributed by atoms with Crippen LogP contribution in [0.4, 0.5) is 0 Å². The quantitative estimate of drug-likeness (QED) is 0.817. The molecule has 1 saturated heterocycles. The second kappa shape index (κ2) is 7.49. The first-order valence-electron chi connectivity index (χ1n) is 7.24. The highest BCUT2D eigenvalue weighted by Gasteiger charge is 2.32. The lowest BCUT2D eigenvalue weighted by Crippen LogP contribution is -2.46. The van der Waals surface area contributed by atoms with Crippen molar-refractivity contribution in [3.8, 4) is 0 Å². The molecule has 114 valence electrons. The average Bonchev–Trinajstić information content (AvgIpc) is 2.25. The number of hydrogen-bond donors (Lipinski definition) is 2. The molecule has 1 heterocycles. The molecular weight excluding hydrogens is 260 g/mol. The van der Waals surface area contributed by atoms with Gasteiger partial charge in [-0.3, -0.25) is 4.79 Å². The van der Waals surface area contributed by atoms with Gasteiger partial charge in [0, 0.05) is 12.0 Å². The molecular formula is C15H31ClN2O. The van der Waals surface area contributed by atoms with Crippen LogP contribution < -0.4 is 10.6 Å². The number of carbonyl (C=O) groups excluding carboxylic acids is 1. The number of hydrogen-bond acceptors (Lipinski definition) is 2. The number of carbonyl (C=O) groups is 1. The van der Waals surface area contributed by atoms with Gasteiger partial charge in [-0.2, -0.15) is 0 Å². The summed E-state index contributed by atoms with van der Waals surface area (Å²) in [5.74, 6) is 0.760. The Morgan fingerprint density at radius 2 is 1.84 bits per heavy atom. The van der Waals surface area contributed by atoms with Crippen molar-refractivity contribution in [3.63, 3.8) is 0 Å². The summed E-state index contributed by atoms with van der Waals surface area (Å²) in [6.07, 6.45) is 3.24. The van der Waals surface area contributed by atoms with Gasteiger partial charge >= 0.3 is 0 Å². The molecule has 0 saturated carbocycles. The predicted octanol–water partition coefficient (Wildman–Crippen LogP) is 2.99. The van der Waals surface area contributed by atoms with Crippen molar-refractivity contribution in [2.24, 2.45) is 16.7 Å². The van der Waals surface area contributed by atoms with Crippen LogP contribution in [0.15, 0.2) is 0 Å². The molecule has 2 N–H and O–H groups in total. The molecule has 1 aliphatic rings. The normalized spacial score (nSPS) is 18.8. The number of piperidine rings is 1. The first kappa shape index (κ1) is 18.7. The molecule has 0 atom stereocenters. The molecule has 4 heteroatoms. The standard InChI is InChI=1S/C15H30N2O.ClH/c1-12(2)10-14(3,4)13(18)17-11-15(5)6-8-16-9-7-15;/h12,16H,6-11H2,1-5H3,(H,17,18);1H. The highest BCUT2D eigenvalue weighted by atomic mass is 35.5. The Kier molecular flexibility index (Phi) is 7.38. The first-order valence-corrected chi connectivity index (χ1v) is 7.24. The molecule has 0 aromatic rings. The fourth-order valence-corrected chi connectivity index (χ4v) is 2.85. The van der Waals surface area contributed by atoms with Crippen LogP contribution in [0.1, 0.15) is 53.9 Å². The average molecular weight is 291 g/mol. The van der Waals surface area contributed by atoms with Crippen LogP contribution in [0.25, 0.3) is 0 Å². The molecule has 0 radical (unpaired) electrons. The van der Waals surface area contributed by atoms with E-state index in [0.717, 1.165) is 38.9 Å². The van der Waals surface area contributed by atoms with Gasteiger partial charge in [-0.05, 0) is 43.7 Å². The Morgan fingerprint density at radius 1 is 1.32 bits per heavy atom. The van der Waals surface area contributed by atoms with E-state index in [4.69, 9.17) is 0 Å². The minimum Gasteiger partial charge on any atom is -0.355 e. The second-order valence-electron chi connectivity index (χ2n) is 7.23. The summed E-state index contributed by atoms with van der Waals surface area (Å²) >= 11 is 0. The van der Waals surface area contributed by atoms with Gasteiger partial charge in [-0.15, -0.1) is 12.4 Å². The summed E-state index contributed by atoms with van der Waals surface area (Å²) in [4.78, 5) is 12.3.